The predicted octanol–water partition coefficient (Wildman–Crippen LogP) is 2.10. The van der Waals surface area contributed by atoms with E-state index in [-0.39, 0.29) is 16.8 Å². The first-order chi connectivity index (χ1) is 10.4. The van der Waals surface area contributed by atoms with E-state index in [9.17, 15) is 9.59 Å². The summed E-state index contributed by atoms with van der Waals surface area (Å²) < 4.78 is 0. The van der Waals surface area contributed by atoms with E-state index in [0.29, 0.717) is 22.5 Å². The quantitative estimate of drug-likeness (QED) is 0.514. The number of thiocarbonyl (C=S) groups is 1. The number of nitrogens with zero attached hydrogens (tertiary/aromatic N) is 1. The molecule has 2 aromatic rings. The van der Waals surface area contributed by atoms with E-state index >= 15 is 0 Å². The van der Waals surface area contributed by atoms with Crippen molar-refractivity contribution in [2.75, 3.05) is 10.6 Å². The molecule has 112 valence electrons. The number of ketones is 1. The zero-order valence-electron chi connectivity index (χ0n) is 11.9. The van der Waals surface area contributed by atoms with Crippen LogP contribution in [0.5, 0.6) is 0 Å². The normalized spacial score (nSPS) is 10.0. The molecule has 0 bridgehead atoms. The number of hydrogen-bond donors (Lipinski definition) is 2. The Hall–Kier alpha value is -2.73. The predicted molar refractivity (Wildman–Crippen MR) is 90.7 cm³/mol. The minimum atomic E-state index is -0.372. The SMILES string of the molecule is CC(=O)N(C(N)=S)c1cc(C(=O)c2ccccc2)ccc1N. The summed E-state index contributed by atoms with van der Waals surface area (Å²) >= 11 is 4.88. The molecular weight excluding hydrogens is 298 g/mol. The van der Waals surface area contributed by atoms with Crippen molar-refractivity contribution in [2.24, 2.45) is 5.73 Å². The van der Waals surface area contributed by atoms with E-state index in [0.717, 1.165) is 4.90 Å². The standard InChI is InChI=1S/C16H15N3O2S/c1-10(20)19(16(18)22)14-9-12(7-8-13(14)17)15(21)11-5-3-2-4-6-11/h2-9H,17H2,1H3,(H2,18,22). The molecule has 0 unspecified atom stereocenters. The second kappa shape index (κ2) is 6.36. The van der Waals surface area contributed by atoms with Crippen LogP contribution in [-0.4, -0.2) is 16.8 Å². The Bertz CT molecular complexity index is 730. The third kappa shape index (κ3) is 3.12. The Morgan fingerprint density at radius 3 is 2.23 bits per heavy atom. The highest BCUT2D eigenvalue weighted by molar-refractivity contribution is 7.80. The minimum Gasteiger partial charge on any atom is -0.397 e. The highest BCUT2D eigenvalue weighted by atomic mass is 32.1. The Labute approximate surface area is 133 Å². The monoisotopic (exact) mass is 313 g/mol. The molecule has 6 heteroatoms. The highest BCUT2D eigenvalue weighted by Crippen LogP contribution is 2.26. The van der Waals surface area contributed by atoms with Crippen LogP contribution in [0.2, 0.25) is 0 Å². The summed E-state index contributed by atoms with van der Waals surface area (Å²) in [5.41, 5.74) is 13.0. The first-order valence-electron chi connectivity index (χ1n) is 6.51. The van der Waals surface area contributed by atoms with Crippen molar-refractivity contribution in [3.8, 4) is 0 Å². The summed E-state index contributed by atoms with van der Waals surface area (Å²) in [6.45, 7) is 1.32. The summed E-state index contributed by atoms with van der Waals surface area (Å²) in [5.74, 6) is -0.545. The summed E-state index contributed by atoms with van der Waals surface area (Å²) in [5, 5.41) is -0.122. The molecule has 5 nitrogen and oxygen atoms in total. The van der Waals surface area contributed by atoms with Gasteiger partial charge in [0.1, 0.15) is 0 Å². The Morgan fingerprint density at radius 1 is 1.05 bits per heavy atom. The zero-order valence-corrected chi connectivity index (χ0v) is 12.8. The number of nitrogens with two attached hydrogens (primary N) is 2. The van der Waals surface area contributed by atoms with Crippen LogP contribution in [0.1, 0.15) is 22.8 Å². The average molecular weight is 313 g/mol. The first kappa shape index (κ1) is 15.7. The molecule has 0 spiro atoms. The van der Waals surface area contributed by atoms with Gasteiger partial charge >= 0.3 is 0 Å². The average Bonchev–Trinajstić information content (AvgIpc) is 2.49. The number of benzene rings is 2. The second-order valence-corrected chi connectivity index (χ2v) is 5.08. The van der Waals surface area contributed by atoms with Gasteiger partial charge < -0.3 is 11.5 Å². The van der Waals surface area contributed by atoms with Crippen molar-refractivity contribution >= 4 is 40.4 Å². The molecule has 0 radical (unpaired) electrons. The molecule has 0 aliphatic carbocycles. The van der Waals surface area contributed by atoms with Crippen LogP contribution in [0.15, 0.2) is 48.5 Å². The lowest BCUT2D eigenvalue weighted by atomic mass is 10.0. The van der Waals surface area contributed by atoms with Crippen molar-refractivity contribution in [2.45, 2.75) is 6.92 Å². The van der Waals surface area contributed by atoms with Crippen molar-refractivity contribution < 1.29 is 9.59 Å². The third-order valence-corrected chi connectivity index (χ3v) is 3.29. The lowest BCUT2D eigenvalue weighted by Crippen LogP contribution is -2.39. The summed E-state index contributed by atoms with van der Waals surface area (Å²) in [4.78, 5) is 25.3. The number of hydrogen-bond acceptors (Lipinski definition) is 4. The largest absolute Gasteiger partial charge is 0.397 e. The van der Waals surface area contributed by atoms with Gasteiger partial charge in [-0.3, -0.25) is 14.5 Å². The molecule has 2 aromatic carbocycles. The lowest BCUT2D eigenvalue weighted by Gasteiger charge is -2.21. The maximum atomic E-state index is 12.5. The molecule has 0 aliphatic rings. The van der Waals surface area contributed by atoms with Crippen LogP contribution in [0, 0.1) is 0 Å². The van der Waals surface area contributed by atoms with E-state index in [1.165, 1.54) is 13.0 Å². The number of carbonyl (C=O) groups excluding carboxylic acids is 2. The van der Waals surface area contributed by atoms with Crippen LogP contribution < -0.4 is 16.4 Å². The van der Waals surface area contributed by atoms with Gasteiger partial charge in [-0.05, 0) is 30.4 Å². The number of anilines is 2. The summed E-state index contributed by atoms with van der Waals surface area (Å²) in [6, 6.07) is 13.5. The van der Waals surface area contributed by atoms with Crippen LogP contribution in [0.3, 0.4) is 0 Å². The molecule has 2 rings (SSSR count). The molecule has 0 heterocycles. The molecule has 0 atom stereocenters. The highest BCUT2D eigenvalue weighted by Gasteiger charge is 2.19. The van der Waals surface area contributed by atoms with Gasteiger partial charge in [-0.1, -0.05) is 30.3 Å². The Kier molecular flexibility index (Phi) is 4.53. The van der Waals surface area contributed by atoms with Gasteiger partial charge in [-0.2, -0.15) is 0 Å². The second-order valence-electron chi connectivity index (χ2n) is 4.66. The lowest BCUT2D eigenvalue weighted by molar-refractivity contribution is -0.115. The van der Waals surface area contributed by atoms with Crippen LogP contribution >= 0.6 is 12.2 Å². The van der Waals surface area contributed by atoms with E-state index in [1.807, 2.05) is 6.07 Å². The third-order valence-electron chi connectivity index (χ3n) is 3.10. The van der Waals surface area contributed by atoms with Gasteiger partial charge in [-0.15, -0.1) is 0 Å². The summed E-state index contributed by atoms with van der Waals surface area (Å²) in [6.07, 6.45) is 0. The Morgan fingerprint density at radius 2 is 1.68 bits per heavy atom. The van der Waals surface area contributed by atoms with Crippen LogP contribution in [-0.2, 0) is 4.79 Å². The molecule has 1 amide bonds. The van der Waals surface area contributed by atoms with Crippen LogP contribution in [0.25, 0.3) is 0 Å². The van der Waals surface area contributed by atoms with Crippen molar-refractivity contribution in [1.29, 1.82) is 0 Å². The molecule has 0 fully saturated rings. The molecule has 0 aliphatic heterocycles. The Balaban J connectivity index is 2.49. The van der Waals surface area contributed by atoms with Gasteiger partial charge in [0.2, 0.25) is 5.91 Å². The minimum absolute atomic E-state index is 0.122. The van der Waals surface area contributed by atoms with Gasteiger partial charge in [0.25, 0.3) is 0 Å². The van der Waals surface area contributed by atoms with E-state index in [2.05, 4.69) is 0 Å². The van der Waals surface area contributed by atoms with E-state index in [1.54, 1.807) is 36.4 Å². The first-order valence-corrected chi connectivity index (χ1v) is 6.92. The number of rotatable bonds is 3. The van der Waals surface area contributed by atoms with E-state index in [4.69, 9.17) is 23.7 Å². The van der Waals surface area contributed by atoms with Gasteiger partial charge in [-0.25, -0.2) is 0 Å². The van der Waals surface area contributed by atoms with Gasteiger partial charge in [0.15, 0.2) is 10.9 Å². The fourth-order valence-corrected chi connectivity index (χ4v) is 2.31. The van der Waals surface area contributed by atoms with Crippen molar-refractivity contribution in [1.82, 2.24) is 0 Å². The van der Waals surface area contributed by atoms with Crippen molar-refractivity contribution in [3.63, 3.8) is 0 Å². The smallest absolute Gasteiger partial charge is 0.230 e. The van der Waals surface area contributed by atoms with Crippen LogP contribution in [0.4, 0.5) is 11.4 Å². The maximum absolute atomic E-state index is 12.5. The molecule has 0 aromatic heterocycles. The molecule has 22 heavy (non-hydrogen) atoms. The topological polar surface area (TPSA) is 89.4 Å². The molecular formula is C16H15N3O2S. The molecule has 0 saturated heterocycles. The van der Waals surface area contributed by atoms with E-state index < -0.39 is 0 Å². The molecule has 4 N–H and O–H groups in total. The van der Waals surface area contributed by atoms with Gasteiger partial charge in [0.05, 0.1) is 11.4 Å². The fraction of sp³-hybridized carbons (Fsp3) is 0.0625. The fourth-order valence-electron chi connectivity index (χ4n) is 2.08. The van der Waals surface area contributed by atoms with Crippen molar-refractivity contribution in [3.05, 3.63) is 59.7 Å². The van der Waals surface area contributed by atoms with Gasteiger partial charge in [0, 0.05) is 18.1 Å². The summed E-state index contributed by atoms with van der Waals surface area (Å²) in [7, 11) is 0. The molecule has 0 saturated carbocycles. The number of carbonyl (C=O) groups is 2. The number of nitrogen functional groups attached to an aromatic ring is 1. The number of amides is 1. The zero-order chi connectivity index (χ0) is 16.3. The maximum Gasteiger partial charge on any atom is 0.230 e.